The van der Waals surface area contributed by atoms with Gasteiger partial charge < -0.3 is 5.32 Å². The van der Waals surface area contributed by atoms with Gasteiger partial charge in [-0.2, -0.15) is 0 Å². The molecule has 0 saturated heterocycles. The van der Waals surface area contributed by atoms with Crippen molar-refractivity contribution >= 4 is 11.3 Å². The lowest BCUT2D eigenvalue weighted by molar-refractivity contribution is 0.363. The van der Waals surface area contributed by atoms with Crippen LogP contribution in [0.5, 0.6) is 0 Å². The van der Waals surface area contributed by atoms with E-state index >= 15 is 0 Å². The number of hydrogen-bond acceptors (Lipinski definition) is 2. The molecule has 0 aromatic carbocycles. The van der Waals surface area contributed by atoms with Crippen molar-refractivity contribution in [2.75, 3.05) is 0 Å². The van der Waals surface area contributed by atoms with E-state index in [0.29, 0.717) is 6.04 Å². The molecule has 106 valence electrons. The quantitative estimate of drug-likeness (QED) is 0.760. The smallest absolute Gasteiger partial charge is 0.0333 e. The third-order valence-electron chi connectivity index (χ3n) is 5.15. The van der Waals surface area contributed by atoms with E-state index in [4.69, 9.17) is 0 Å². The maximum absolute atomic E-state index is 3.99. The molecular formula is C17H27NS. The van der Waals surface area contributed by atoms with Crippen molar-refractivity contribution in [1.29, 1.82) is 0 Å². The molecule has 2 heteroatoms. The Morgan fingerprint density at radius 3 is 3.00 bits per heavy atom. The standard InChI is InChI=1S/C17H27NS/c1-2-13-5-3-6-14(10-9-13)18-16-7-4-8-17-15(16)11-12-19-17/h11-14,16,18H,2-10H2,1H3. The highest BCUT2D eigenvalue weighted by molar-refractivity contribution is 7.10. The number of fused-ring (bicyclic) bond motifs is 1. The first-order valence-corrected chi connectivity index (χ1v) is 9.07. The summed E-state index contributed by atoms with van der Waals surface area (Å²) >= 11 is 1.96. The number of nitrogens with one attached hydrogen (secondary N) is 1. The Hall–Kier alpha value is -0.340. The summed E-state index contributed by atoms with van der Waals surface area (Å²) in [6, 6.07) is 3.79. The first-order valence-electron chi connectivity index (χ1n) is 8.19. The average molecular weight is 277 g/mol. The summed E-state index contributed by atoms with van der Waals surface area (Å²) in [5.74, 6) is 0.995. The van der Waals surface area contributed by atoms with Gasteiger partial charge in [-0.15, -0.1) is 11.3 Å². The van der Waals surface area contributed by atoms with Crippen LogP contribution >= 0.6 is 11.3 Å². The third-order valence-corrected chi connectivity index (χ3v) is 6.15. The van der Waals surface area contributed by atoms with E-state index in [2.05, 4.69) is 23.7 Å². The summed E-state index contributed by atoms with van der Waals surface area (Å²) in [4.78, 5) is 1.64. The van der Waals surface area contributed by atoms with Gasteiger partial charge in [-0.3, -0.25) is 0 Å². The van der Waals surface area contributed by atoms with Crippen molar-refractivity contribution in [3.8, 4) is 0 Å². The monoisotopic (exact) mass is 277 g/mol. The Balaban J connectivity index is 1.60. The van der Waals surface area contributed by atoms with Crippen LogP contribution in [-0.2, 0) is 6.42 Å². The molecule has 3 rings (SSSR count). The van der Waals surface area contributed by atoms with Crippen LogP contribution in [0.4, 0.5) is 0 Å². The molecule has 2 aliphatic carbocycles. The Morgan fingerprint density at radius 1 is 1.16 bits per heavy atom. The highest BCUT2D eigenvalue weighted by Crippen LogP contribution is 2.35. The van der Waals surface area contributed by atoms with Gasteiger partial charge in [0.1, 0.15) is 0 Å². The van der Waals surface area contributed by atoms with Gasteiger partial charge in [0.2, 0.25) is 0 Å². The molecule has 2 aliphatic rings. The lowest BCUT2D eigenvalue weighted by Crippen LogP contribution is -2.34. The molecule has 0 spiro atoms. The normalized spacial score (nSPS) is 31.7. The minimum Gasteiger partial charge on any atom is -0.307 e. The Labute approximate surface area is 121 Å². The van der Waals surface area contributed by atoms with Gasteiger partial charge in [0.25, 0.3) is 0 Å². The van der Waals surface area contributed by atoms with Gasteiger partial charge in [0.15, 0.2) is 0 Å². The maximum atomic E-state index is 3.99. The molecule has 1 fully saturated rings. The highest BCUT2D eigenvalue weighted by atomic mass is 32.1. The summed E-state index contributed by atoms with van der Waals surface area (Å²) in [5, 5.41) is 6.27. The number of aryl methyl sites for hydroxylation is 1. The van der Waals surface area contributed by atoms with Crippen LogP contribution in [0.3, 0.4) is 0 Å². The van der Waals surface area contributed by atoms with Crippen LogP contribution < -0.4 is 5.32 Å². The minimum atomic E-state index is 0.651. The molecule has 3 atom stereocenters. The predicted molar refractivity (Wildman–Crippen MR) is 83.8 cm³/mol. The third kappa shape index (κ3) is 3.22. The topological polar surface area (TPSA) is 12.0 Å². The zero-order valence-corrected chi connectivity index (χ0v) is 13.0. The van der Waals surface area contributed by atoms with Gasteiger partial charge in [-0.05, 0) is 61.5 Å². The van der Waals surface area contributed by atoms with E-state index < -0.39 is 0 Å². The van der Waals surface area contributed by atoms with E-state index in [9.17, 15) is 0 Å². The first-order chi connectivity index (χ1) is 9.36. The van der Waals surface area contributed by atoms with Crippen LogP contribution in [0.1, 0.15) is 74.8 Å². The van der Waals surface area contributed by atoms with Gasteiger partial charge in [0, 0.05) is 17.0 Å². The van der Waals surface area contributed by atoms with Gasteiger partial charge >= 0.3 is 0 Å². The molecular weight excluding hydrogens is 250 g/mol. The molecule has 0 radical (unpaired) electrons. The second kappa shape index (κ2) is 6.41. The minimum absolute atomic E-state index is 0.651. The molecule has 3 unspecified atom stereocenters. The number of rotatable bonds is 3. The van der Waals surface area contributed by atoms with Crippen LogP contribution in [0.25, 0.3) is 0 Å². The Bertz CT molecular complexity index is 398. The molecule has 1 heterocycles. The fourth-order valence-electron chi connectivity index (χ4n) is 3.90. The van der Waals surface area contributed by atoms with Crippen LogP contribution in [0, 0.1) is 5.92 Å². The van der Waals surface area contributed by atoms with Crippen molar-refractivity contribution in [2.45, 2.75) is 76.8 Å². The summed E-state index contributed by atoms with van der Waals surface area (Å²) in [6.45, 7) is 2.36. The summed E-state index contributed by atoms with van der Waals surface area (Å²) in [7, 11) is 0. The lowest BCUT2D eigenvalue weighted by atomic mass is 9.92. The zero-order chi connectivity index (χ0) is 13.1. The highest BCUT2D eigenvalue weighted by Gasteiger charge is 2.25. The Kier molecular flexibility index (Phi) is 4.60. The molecule has 1 saturated carbocycles. The van der Waals surface area contributed by atoms with Crippen molar-refractivity contribution in [3.05, 3.63) is 21.9 Å². The zero-order valence-electron chi connectivity index (χ0n) is 12.2. The van der Waals surface area contributed by atoms with Gasteiger partial charge in [-0.25, -0.2) is 0 Å². The number of hydrogen-bond donors (Lipinski definition) is 1. The van der Waals surface area contributed by atoms with E-state index in [0.717, 1.165) is 12.0 Å². The SMILES string of the molecule is CCC1CCCC(NC2CCCc3sccc32)CC1. The largest absolute Gasteiger partial charge is 0.307 e. The molecule has 1 nitrogen and oxygen atoms in total. The summed E-state index contributed by atoms with van der Waals surface area (Å²) in [6.07, 6.45) is 12.5. The molecule has 0 amide bonds. The van der Waals surface area contributed by atoms with E-state index in [-0.39, 0.29) is 0 Å². The average Bonchev–Trinajstić information content (AvgIpc) is 2.80. The van der Waals surface area contributed by atoms with E-state index in [1.165, 1.54) is 57.8 Å². The summed E-state index contributed by atoms with van der Waals surface area (Å²) < 4.78 is 0. The van der Waals surface area contributed by atoms with Crippen molar-refractivity contribution < 1.29 is 0 Å². The van der Waals surface area contributed by atoms with Crippen molar-refractivity contribution in [2.24, 2.45) is 5.92 Å². The predicted octanol–water partition coefficient (Wildman–Crippen LogP) is 5.07. The molecule has 1 N–H and O–H groups in total. The molecule has 1 aromatic heterocycles. The van der Waals surface area contributed by atoms with Gasteiger partial charge in [-0.1, -0.05) is 26.2 Å². The van der Waals surface area contributed by atoms with Gasteiger partial charge in [0.05, 0.1) is 0 Å². The van der Waals surface area contributed by atoms with Crippen LogP contribution in [0.2, 0.25) is 0 Å². The van der Waals surface area contributed by atoms with Crippen molar-refractivity contribution in [3.63, 3.8) is 0 Å². The molecule has 0 bridgehead atoms. The lowest BCUT2D eigenvalue weighted by Gasteiger charge is -2.28. The van der Waals surface area contributed by atoms with Crippen LogP contribution in [-0.4, -0.2) is 6.04 Å². The second-order valence-electron chi connectivity index (χ2n) is 6.39. The van der Waals surface area contributed by atoms with Crippen LogP contribution in [0.15, 0.2) is 11.4 Å². The maximum Gasteiger partial charge on any atom is 0.0333 e. The fourth-order valence-corrected chi connectivity index (χ4v) is 4.88. The molecule has 1 aromatic rings. The summed E-state index contributed by atoms with van der Waals surface area (Å²) in [5.41, 5.74) is 1.62. The van der Waals surface area contributed by atoms with E-state index in [1.807, 2.05) is 11.3 Å². The molecule has 19 heavy (non-hydrogen) atoms. The van der Waals surface area contributed by atoms with Crippen molar-refractivity contribution in [1.82, 2.24) is 5.32 Å². The first kappa shape index (κ1) is 13.6. The number of thiophene rings is 1. The Morgan fingerprint density at radius 2 is 2.11 bits per heavy atom. The molecule has 0 aliphatic heterocycles. The fraction of sp³-hybridized carbons (Fsp3) is 0.765. The van der Waals surface area contributed by atoms with E-state index in [1.54, 1.807) is 10.4 Å². The second-order valence-corrected chi connectivity index (χ2v) is 7.39.